The fraction of sp³-hybridized carbons (Fsp3) is 0.440. The predicted molar refractivity (Wildman–Crippen MR) is 118 cm³/mol. The minimum atomic E-state index is -0.586. The molecule has 6 heteroatoms. The summed E-state index contributed by atoms with van der Waals surface area (Å²) in [4.78, 5) is 28.1. The molecular weight excluding hydrogens is 392 g/mol. The van der Waals surface area contributed by atoms with E-state index in [0.717, 1.165) is 29.9 Å². The summed E-state index contributed by atoms with van der Waals surface area (Å²) in [6.07, 6.45) is 1.61. The molecule has 0 aliphatic carbocycles. The number of carbonyl (C=O) groups is 2. The molecule has 2 aliphatic rings. The number of hydrogen-bond acceptors (Lipinski definition) is 4. The Morgan fingerprint density at radius 1 is 1.06 bits per heavy atom. The minimum Gasteiger partial charge on any atom is -0.490 e. The molecule has 2 heterocycles. The number of hydrogen-bond donors (Lipinski definition) is 1. The van der Waals surface area contributed by atoms with E-state index in [2.05, 4.69) is 11.4 Å². The van der Waals surface area contributed by atoms with E-state index in [-0.39, 0.29) is 23.8 Å². The average Bonchev–Trinajstić information content (AvgIpc) is 3.01. The van der Waals surface area contributed by atoms with Crippen molar-refractivity contribution in [3.63, 3.8) is 0 Å². The molecule has 2 amide bonds. The topological polar surface area (TPSA) is 67.9 Å². The van der Waals surface area contributed by atoms with Crippen molar-refractivity contribution in [1.82, 2.24) is 10.2 Å². The van der Waals surface area contributed by atoms with Crippen LogP contribution < -0.4 is 14.8 Å². The van der Waals surface area contributed by atoms with E-state index in [4.69, 9.17) is 9.47 Å². The van der Waals surface area contributed by atoms with Gasteiger partial charge in [-0.05, 0) is 54.7 Å². The molecule has 4 rings (SSSR count). The van der Waals surface area contributed by atoms with E-state index in [1.54, 1.807) is 12.1 Å². The van der Waals surface area contributed by atoms with Crippen molar-refractivity contribution in [3.05, 3.63) is 59.2 Å². The van der Waals surface area contributed by atoms with Crippen molar-refractivity contribution in [1.29, 1.82) is 0 Å². The molecule has 0 unspecified atom stereocenters. The first-order valence-corrected chi connectivity index (χ1v) is 11.0. The van der Waals surface area contributed by atoms with Crippen LogP contribution in [-0.2, 0) is 11.2 Å². The van der Waals surface area contributed by atoms with Gasteiger partial charge in [0.1, 0.15) is 6.04 Å². The van der Waals surface area contributed by atoms with Gasteiger partial charge in [-0.15, -0.1) is 0 Å². The lowest BCUT2D eigenvalue weighted by molar-refractivity contribution is -0.137. The molecule has 2 aliphatic heterocycles. The number of ether oxygens (including phenoxy) is 2. The fourth-order valence-electron chi connectivity index (χ4n) is 4.28. The highest BCUT2D eigenvalue weighted by Gasteiger charge is 2.35. The molecule has 0 saturated heterocycles. The number of nitrogens with zero attached hydrogens (tertiary/aromatic N) is 1. The third-order valence-corrected chi connectivity index (χ3v) is 6.09. The third kappa shape index (κ3) is 4.38. The summed E-state index contributed by atoms with van der Waals surface area (Å²) in [6.45, 7) is 7.85. The van der Waals surface area contributed by atoms with Crippen molar-refractivity contribution in [3.8, 4) is 11.5 Å². The molecule has 1 N–H and O–H groups in total. The lowest BCUT2D eigenvalue weighted by Gasteiger charge is -2.38. The first kappa shape index (κ1) is 21.2. The smallest absolute Gasteiger partial charge is 0.251 e. The normalized spacial score (nSPS) is 18.7. The molecule has 0 bridgehead atoms. The fourth-order valence-corrected chi connectivity index (χ4v) is 4.28. The summed E-state index contributed by atoms with van der Waals surface area (Å²) in [5, 5.41) is 2.96. The summed E-state index contributed by atoms with van der Waals surface area (Å²) in [6, 6.07) is 12.4. The summed E-state index contributed by atoms with van der Waals surface area (Å²) >= 11 is 0. The van der Waals surface area contributed by atoms with E-state index in [0.29, 0.717) is 25.3 Å². The number of amides is 2. The molecule has 0 radical (unpaired) electrons. The van der Waals surface area contributed by atoms with E-state index < -0.39 is 6.04 Å². The Morgan fingerprint density at radius 2 is 1.74 bits per heavy atom. The van der Waals surface area contributed by atoms with Crippen LogP contribution in [0.3, 0.4) is 0 Å². The quantitative estimate of drug-likeness (QED) is 0.815. The maximum absolute atomic E-state index is 13.5. The van der Waals surface area contributed by atoms with E-state index in [9.17, 15) is 9.59 Å². The second-order valence-corrected chi connectivity index (χ2v) is 8.57. The minimum absolute atomic E-state index is 0.0301. The first-order chi connectivity index (χ1) is 15.0. The Morgan fingerprint density at radius 3 is 2.42 bits per heavy atom. The van der Waals surface area contributed by atoms with Crippen molar-refractivity contribution in [2.24, 2.45) is 5.92 Å². The number of fused-ring (bicyclic) bond motifs is 2. The standard InChI is InChI=1S/C25H30N2O4/c1-16(2)23(26-24(28)18-8-5-4-6-9-18)25(29)27-11-10-19-14-21-22(15-20(19)17(27)3)31-13-7-12-30-21/h4-6,8-9,14-17,23H,7,10-13H2,1-3H3,(H,26,28)/t17-,23-/m1/s1. The Hall–Kier alpha value is -3.02. The van der Waals surface area contributed by atoms with Crippen molar-refractivity contribution < 1.29 is 19.1 Å². The van der Waals surface area contributed by atoms with Gasteiger partial charge in [0.2, 0.25) is 5.91 Å². The molecule has 164 valence electrons. The summed E-state index contributed by atoms with van der Waals surface area (Å²) in [7, 11) is 0. The van der Waals surface area contributed by atoms with Crippen LogP contribution in [0.25, 0.3) is 0 Å². The van der Waals surface area contributed by atoms with Gasteiger partial charge in [0.05, 0.1) is 19.3 Å². The maximum Gasteiger partial charge on any atom is 0.251 e. The molecule has 6 nitrogen and oxygen atoms in total. The molecule has 0 aromatic heterocycles. The Balaban J connectivity index is 1.55. The number of benzene rings is 2. The average molecular weight is 423 g/mol. The highest BCUT2D eigenvalue weighted by molar-refractivity contribution is 5.97. The summed E-state index contributed by atoms with van der Waals surface area (Å²) in [5.74, 6) is 1.23. The lowest BCUT2D eigenvalue weighted by Crippen LogP contribution is -2.53. The first-order valence-electron chi connectivity index (χ1n) is 11.0. The molecule has 0 fully saturated rings. The Kier molecular flexibility index (Phi) is 6.16. The predicted octanol–water partition coefficient (Wildman–Crippen LogP) is 3.75. The van der Waals surface area contributed by atoms with Gasteiger partial charge in [0, 0.05) is 18.5 Å². The number of carbonyl (C=O) groups excluding carboxylic acids is 2. The summed E-state index contributed by atoms with van der Waals surface area (Å²) in [5.41, 5.74) is 2.83. The van der Waals surface area contributed by atoms with E-state index in [1.807, 2.05) is 49.9 Å². The van der Waals surface area contributed by atoms with E-state index >= 15 is 0 Å². The zero-order valence-corrected chi connectivity index (χ0v) is 18.4. The van der Waals surface area contributed by atoms with E-state index in [1.165, 1.54) is 5.56 Å². The van der Waals surface area contributed by atoms with Gasteiger partial charge in [-0.1, -0.05) is 32.0 Å². The van der Waals surface area contributed by atoms with Crippen molar-refractivity contribution in [2.45, 2.75) is 45.7 Å². The zero-order valence-electron chi connectivity index (χ0n) is 18.4. The van der Waals surface area contributed by atoms with Crippen LogP contribution in [-0.4, -0.2) is 42.5 Å². The molecular formula is C25H30N2O4. The van der Waals surface area contributed by atoms with Gasteiger partial charge in [-0.3, -0.25) is 9.59 Å². The van der Waals surface area contributed by atoms with Crippen LogP contribution >= 0.6 is 0 Å². The molecule has 2 aromatic carbocycles. The monoisotopic (exact) mass is 422 g/mol. The van der Waals surface area contributed by atoms with Gasteiger partial charge in [-0.25, -0.2) is 0 Å². The van der Waals surface area contributed by atoms with Crippen molar-refractivity contribution in [2.75, 3.05) is 19.8 Å². The number of nitrogens with one attached hydrogen (secondary N) is 1. The molecule has 2 atom stereocenters. The molecule has 2 aromatic rings. The second kappa shape index (κ2) is 9.00. The highest BCUT2D eigenvalue weighted by atomic mass is 16.5. The third-order valence-electron chi connectivity index (χ3n) is 6.09. The van der Waals surface area contributed by atoms with Gasteiger partial charge >= 0.3 is 0 Å². The zero-order chi connectivity index (χ0) is 22.0. The summed E-state index contributed by atoms with van der Waals surface area (Å²) < 4.78 is 11.7. The lowest BCUT2D eigenvalue weighted by atomic mass is 9.91. The Bertz CT molecular complexity index is 957. The molecule has 0 saturated carbocycles. The van der Waals surface area contributed by atoms with Crippen LogP contribution in [0.5, 0.6) is 11.5 Å². The van der Waals surface area contributed by atoms with Crippen molar-refractivity contribution >= 4 is 11.8 Å². The van der Waals surface area contributed by atoms with Gasteiger partial charge < -0.3 is 19.7 Å². The maximum atomic E-state index is 13.5. The van der Waals surface area contributed by atoms with Gasteiger partial charge in [0.15, 0.2) is 11.5 Å². The van der Waals surface area contributed by atoms with Gasteiger partial charge in [0.25, 0.3) is 5.91 Å². The Labute approximate surface area is 183 Å². The van der Waals surface area contributed by atoms with Crippen LogP contribution in [0.15, 0.2) is 42.5 Å². The number of rotatable bonds is 4. The SMILES string of the molecule is CC(C)[C@@H](NC(=O)c1ccccc1)C(=O)N1CCc2cc3c(cc2[C@H]1C)OCCCO3. The molecule has 31 heavy (non-hydrogen) atoms. The molecule has 0 spiro atoms. The highest BCUT2D eigenvalue weighted by Crippen LogP contribution is 2.39. The largest absolute Gasteiger partial charge is 0.490 e. The van der Waals surface area contributed by atoms with Crippen LogP contribution in [0.2, 0.25) is 0 Å². The van der Waals surface area contributed by atoms with Gasteiger partial charge in [-0.2, -0.15) is 0 Å². The van der Waals surface area contributed by atoms with Crippen LogP contribution in [0, 0.1) is 5.92 Å². The second-order valence-electron chi connectivity index (χ2n) is 8.57. The van der Waals surface area contributed by atoms with Crippen LogP contribution in [0.4, 0.5) is 0 Å². The van der Waals surface area contributed by atoms with Crippen LogP contribution in [0.1, 0.15) is 54.7 Å².